The molecule has 1 atom stereocenters. The van der Waals surface area contributed by atoms with Gasteiger partial charge in [-0.05, 0) is 42.3 Å². The fourth-order valence-electron chi connectivity index (χ4n) is 2.38. The van der Waals surface area contributed by atoms with Crippen molar-refractivity contribution in [3.63, 3.8) is 0 Å². The van der Waals surface area contributed by atoms with Gasteiger partial charge < -0.3 is 5.32 Å². The smallest absolute Gasteiger partial charge is 0.0651 e. The lowest BCUT2D eigenvalue weighted by Crippen LogP contribution is -2.09. The SMILES string of the molecule is CCC(Nc1ccc2[nH]ncc2c1)c1cccc(Br)c1. The van der Waals surface area contributed by atoms with E-state index >= 15 is 0 Å². The highest BCUT2D eigenvalue weighted by Crippen LogP contribution is 2.26. The molecule has 0 spiro atoms. The summed E-state index contributed by atoms with van der Waals surface area (Å²) in [4.78, 5) is 0. The second kappa shape index (κ2) is 5.67. The first-order chi connectivity index (χ1) is 9.76. The molecule has 0 saturated heterocycles. The number of rotatable bonds is 4. The molecule has 0 fully saturated rings. The van der Waals surface area contributed by atoms with Gasteiger partial charge in [-0.3, -0.25) is 5.10 Å². The maximum absolute atomic E-state index is 4.05. The van der Waals surface area contributed by atoms with Crippen molar-refractivity contribution in [1.29, 1.82) is 0 Å². The minimum Gasteiger partial charge on any atom is -0.378 e. The first-order valence-corrected chi connectivity index (χ1v) is 7.50. The number of aromatic amines is 1. The molecule has 3 aromatic rings. The molecule has 0 saturated carbocycles. The summed E-state index contributed by atoms with van der Waals surface area (Å²) in [6.07, 6.45) is 2.88. The average molecular weight is 330 g/mol. The predicted octanol–water partition coefficient (Wildman–Crippen LogP) is 4.89. The number of hydrogen-bond acceptors (Lipinski definition) is 2. The molecule has 3 rings (SSSR count). The van der Waals surface area contributed by atoms with Gasteiger partial charge in [0, 0.05) is 15.5 Å². The average Bonchev–Trinajstić information content (AvgIpc) is 2.92. The lowest BCUT2D eigenvalue weighted by atomic mass is 10.0. The standard InChI is InChI=1S/C16H16BrN3/c1-2-15(11-4-3-5-13(17)8-11)19-14-6-7-16-12(9-14)10-18-20-16/h3-10,15,19H,2H2,1H3,(H,18,20). The molecule has 1 heterocycles. The third-order valence-corrected chi connectivity index (χ3v) is 3.93. The molecule has 1 aromatic heterocycles. The maximum Gasteiger partial charge on any atom is 0.0651 e. The Morgan fingerprint density at radius 3 is 2.95 bits per heavy atom. The van der Waals surface area contributed by atoms with Gasteiger partial charge in [0.2, 0.25) is 0 Å². The van der Waals surface area contributed by atoms with Crippen molar-refractivity contribution in [3.8, 4) is 0 Å². The fourth-order valence-corrected chi connectivity index (χ4v) is 2.80. The predicted molar refractivity (Wildman–Crippen MR) is 86.9 cm³/mol. The van der Waals surface area contributed by atoms with Gasteiger partial charge in [0.15, 0.2) is 0 Å². The molecule has 0 radical (unpaired) electrons. The van der Waals surface area contributed by atoms with Gasteiger partial charge in [0.05, 0.1) is 17.8 Å². The van der Waals surface area contributed by atoms with E-state index in [-0.39, 0.29) is 0 Å². The van der Waals surface area contributed by atoms with E-state index in [1.165, 1.54) is 5.56 Å². The highest BCUT2D eigenvalue weighted by molar-refractivity contribution is 9.10. The van der Waals surface area contributed by atoms with Crippen molar-refractivity contribution in [2.75, 3.05) is 5.32 Å². The Kier molecular flexibility index (Phi) is 3.74. The maximum atomic E-state index is 4.05. The Hall–Kier alpha value is -1.81. The molecular formula is C16H16BrN3. The van der Waals surface area contributed by atoms with E-state index < -0.39 is 0 Å². The van der Waals surface area contributed by atoms with Gasteiger partial charge in [-0.25, -0.2) is 0 Å². The topological polar surface area (TPSA) is 40.7 Å². The summed E-state index contributed by atoms with van der Waals surface area (Å²) in [7, 11) is 0. The van der Waals surface area contributed by atoms with Crippen LogP contribution in [0.4, 0.5) is 5.69 Å². The van der Waals surface area contributed by atoms with Crippen molar-refractivity contribution in [3.05, 3.63) is 58.7 Å². The number of H-pyrrole nitrogens is 1. The van der Waals surface area contributed by atoms with Gasteiger partial charge >= 0.3 is 0 Å². The van der Waals surface area contributed by atoms with Crippen LogP contribution in [0.25, 0.3) is 10.9 Å². The Balaban J connectivity index is 1.87. The van der Waals surface area contributed by atoms with Crippen LogP contribution < -0.4 is 5.32 Å². The Morgan fingerprint density at radius 1 is 1.25 bits per heavy atom. The molecule has 0 bridgehead atoms. The summed E-state index contributed by atoms with van der Waals surface area (Å²) in [6.45, 7) is 2.19. The monoisotopic (exact) mass is 329 g/mol. The fraction of sp³-hybridized carbons (Fsp3) is 0.188. The molecule has 1 unspecified atom stereocenters. The van der Waals surface area contributed by atoms with Crippen LogP contribution in [0.5, 0.6) is 0 Å². The molecule has 2 aromatic carbocycles. The van der Waals surface area contributed by atoms with E-state index in [1.54, 1.807) is 0 Å². The third kappa shape index (κ3) is 2.70. The number of aromatic nitrogens is 2. The Labute approximate surface area is 126 Å². The molecule has 2 N–H and O–H groups in total. The van der Waals surface area contributed by atoms with Crippen LogP contribution in [-0.2, 0) is 0 Å². The molecule has 102 valence electrons. The summed E-state index contributed by atoms with van der Waals surface area (Å²) in [6, 6.07) is 15.0. The first-order valence-electron chi connectivity index (χ1n) is 6.71. The molecule has 4 heteroatoms. The summed E-state index contributed by atoms with van der Waals surface area (Å²) in [5.41, 5.74) is 3.46. The van der Waals surface area contributed by atoms with E-state index in [9.17, 15) is 0 Å². The lowest BCUT2D eigenvalue weighted by molar-refractivity contribution is 0.749. The second-order valence-corrected chi connectivity index (χ2v) is 5.75. The summed E-state index contributed by atoms with van der Waals surface area (Å²) >= 11 is 3.53. The summed E-state index contributed by atoms with van der Waals surface area (Å²) in [5.74, 6) is 0. The van der Waals surface area contributed by atoms with Gasteiger partial charge in [0.1, 0.15) is 0 Å². The third-order valence-electron chi connectivity index (χ3n) is 3.44. The Morgan fingerprint density at radius 2 is 2.15 bits per heavy atom. The van der Waals surface area contributed by atoms with Crippen LogP contribution in [0.3, 0.4) is 0 Å². The highest BCUT2D eigenvalue weighted by atomic mass is 79.9. The van der Waals surface area contributed by atoms with E-state index in [0.717, 1.165) is 27.5 Å². The number of nitrogens with zero attached hydrogens (tertiary/aromatic N) is 1. The molecule has 20 heavy (non-hydrogen) atoms. The summed E-state index contributed by atoms with van der Waals surface area (Å²) in [5, 5.41) is 11.7. The van der Waals surface area contributed by atoms with E-state index in [0.29, 0.717) is 6.04 Å². The normalized spacial score (nSPS) is 12.5. The molecule has 0 aliphatic carbocycles. The van der Waals surface area contributed by atoms with Crippen LogP contribution in [0.15, 0.2) is 53.1 Å². The summed E-state index contributed by atoms with van der Waals surface area (Å²) < 4.78 is 1.11. The van der Waals surface area contributed by atoms with Crippen molar-refractivity contribution < 1.29 is 0 Å². The number of hydrogen-bond donors (Lipinski definition) is 2. The number of benzene rings is 2. The van der Waals surface area contributed by atoms with Crippen molar-refractivity contribution in [2.24, 2.45) is 0 Å². The zero-order valence-electron chi connectivity index (χ0n) is 11.2. The Bertz CT molecular complexity index is 720. The van der Waals surface area contributed by atoms with E-state index in [1.807, 2.05) is 12.3 Å². The van der Waals surface area contributed by atoms with E-state index in [4.69, 9.17) is 0 Å². The largest absolute Gasteiger partial charge is 0.378 e. The second-order valence-electron chi connectivity index (χ2n) is 4.83. The van der Waals surface area contributed by atoms with E-state index in [2.05, 4.69) is 74.8 Å². The molecule has 0 amide bonds. The minimum absolute atomic E-state index is 0.303. The number of nitrogens with one attached hydrogen (secondary N) is 2. The number of halogens is 1. The number of anilines is 1. The van der Waals surface area contributed by atoms with Crippen LogP contribution in [-0.4, -0.2) is 10.2 Å². The molecular weight excluding hydrogens is 314 g/mol. The van der Waals surface area contributed by atoms with Crippen molar-refractivity contribution in [1.82, 2.24) is 10.2 Å². The van der Waals surface area contributed by atoms with Crippen molar-refractivity contribution >= 4 is 32.5 Å². The zero-order valence-corrected chi connectivity index (χ0v) is 12.8. The van der Waals surface area contributed by atoms with Crippen molar-refractivity contribution in [2.45, 2.75) is 19.4 Å². The van der Waals surface area contributed by atoms with Crippen LogP contribution in [0.2, 0.25) is 0 Å². The molecule has 0 aliphatic rings. The van der Waals surface area contributed by atoms with Gasteiger partial charge in [-0.2, -0.15) is 5.10 Å². The molecule has 3 nitrogen and oxygen atoms in total. The zero-order chi connectivity index (χ0) is 13.9. The highest BCUT2D eigenvalue weighted by Gasteiger charge is 2.09. The number of fused-ring (bicyclic) bond motifs is 1. The van der Waals surface area contributed by atoms with Crippen LogP contribution in [0.1, 0.15) is 24.9 Å². The first kappa shape index (κ1) is 13.2. The van der Waals surface area contributed by atoms with Gasteiger partial charge in [-0.1, -0.05) is 35.0 Å². The lowest BCUT2D eigenvalue weighted by Gasteiger charge is -2.19. The van der Waals surface area contributed by atoms with Gasteiger partial charge in [0.25, 0.3) is 0 Å². The van der Waals surface area contributed by atoms with Crippen LogP contribution in [0, 0.1) is 0 Å². The minimum atomic E-state index is 0.303. The van der Waals surface area contributed by atoms with Gasteiger partial charge in [-0.15, -0.1) is 0 Å². The quantitative estimate of drug-likeness (QED) is 0.715. The van der Waals surface area contributed by atoms with Crippen LogP contribution >= 0.6 is 15.9 Å². The molecule has 0 aliphatic heterocycles.